The zero-order valence-electron chi connectivity index (χ0n) is 10.7. The lowest BCUT2D eigenvalue weighted by atomic mass is 10.2. The Labute approximate surface area is 120 Å². The molecular formula is C14H13ClF2N2O. The fourth-order valence-electron chi connectivity index (χ4n) is 1.60. The second kappa shape index (κ2) is 6.52. The first-order valence-corrected chi connectivity index (χ1v) is 6.32. The summed E-state index contributed by atoms with van der Waals surface area (Å²) >= 11 is 5.86. The van der Waals surface area contributed by atoms with Crippen molar-refractivity contribution < 1.29 is 13.5 Å². The first-order valence-electron chi connectivity index (χ1n) is 5.94. The molecule has 0 aliphatic rings. The van der Waals surface area contributed by atoms with Gasteiger partial charge in [-0.3, -0.25) is 4.98 Å². The summed E-state index contributed by atoms with van der Waals surface area (Å²) in [7, 11) is 0. The Bertz CT molecular complexity index is 576. The van der Waals surface area contributed by atoms with Crippen molar-refractivity contribution in [1.82, 2.24) is 4.98 Å². The largest absolute Gasteiger partial charge is 0.433 e. The van der Waals surface area contributed by atoms with Crippen LogP contribution in [0.4, 0.5) is 14.5 Å². The number of pyridine rings is 1. The van der Waals surface area contributed by atoms with E-state index in [9.17, 15) is 8.78 Å². The van der Waals surface area contributed by atoms with E-state index in [1.807, 2.05) is 19.1 Å². The maximum atomic E-state index is 12.1. The molecule has 3 nitrogen and oxygen atoms in total. The molecule has 1 aromatic carbocycles. The molecular weight excluding hydrogens is 286 g/mol. The van der Waals surface area contributed by atoms with Crippen LogP contribution in [0.5, 0.6) is 5.75 Å². The Kier molecular flexibility index (Phi) is 4.74. The van der Waals surface area contributed by atoms with Crippen molar-refractivity contribution in [2.75, 3.05) is 5.32 Å². The first-order chi connectivity index (χ1) is 9.54. The van der Waals surface area contributed by atoms with E-state index < -0.39 is 6.61 Å². The van der Waals surface area contributed by atoms with Crippen LogP contribution in [0, 0.1) is 6.92 Å². The maximum absolute atomic E-state index is 12.1. The van der Waals surface area contributed by atoms with Crippen LogP contribution in [0.3, 0.4) is 0 Å². The molecule has 0 aliphatic heterocycles. The molecule has 106 valence electrons. The Morgan fingerprint density at radius 2 is 2.10 bits per heavy atom. The molecule has 0 aliphatic carbocycles. The van der Waals surface area contributed by atoms with Crippen LogP contribution in [0.25, 0.3) is 0 Å². The van der Waals surface area contributed by atoms with Crippen molar-refractivity contribution in [2.24, 2.45) is 0 Å². The van der Waals surface area contributed by atoms with Crippen molar-refractivity contribution in [3.05, 3.63) is 52.8 Å². The lowest BCUT2D eigenvalue weighted by Gasteiger charge is -2.10. The number of benzene rings is 1. The van der Waals surface area contributed by atoms with Crippen LogP contribution >= 0.6 is 11.6 Å². The lowest BCUT2D eigenvalue weighted by molar-refractivity contribution is -0.0497. The third-order valence-electron chi connectivity index (χ3n) is 2.59. The quantitative estimate of drug-likeness (QED) is 0.895. The minimum absolute atomic E-state index is 0.0410. The third-order valence-corrected chi connectivity index (χ3v) is 2.89. The summed E-state index contributed by atoms with van der Waals surface area (Å²) in [5.74, 6) is -0.0410. The fraction of sp³-hybridized carbons (Fsp3) is 0.214. The lowest BCUT2D eigenvalue weighted by Crippen LogP contribution is -2.04. The van der Waals surface area contributed by atoms with E-state index in [0.29, 0.717) is 12.2 Å². The molecule has 0 atom stereocenters. The van der Waals surface area contributed by atoms with E-state index in [4.69, 9.17) is 11.6 Å². The average Bonchev–Trinajstić information content (AvgIpc) is 2.40. The SMILES string of the molecule is Cc1ccc(CNc2ccc(OC(F)F)c(Cl)c2)nc1. The number of nitrogens with zero attached hydrogens (tertiary/aromatic N) is 1. The summed E-state index contributed by atoms with van der Waals surface area (Å²) in [5.41, 5.74) is 2.67. The monoisotopic (exact) mass is 298 g/mol. The predicted molar refractivity (Wildman–Crippen MR) is 74.4 cm³/mol. The third kappa shape index (κ3) is 4.06. The summed E-state index contributed by atoms with van der Waals surface area (Å²) < 4.78 is 28.5. The van der Waals surface area contributed by atoms with Gasteiger partial charge in [0.1, 0.15) is 5.75 Å². The van der Waals surface area contributed by atoms with Crippen molar-refractivity contribution in [1.29, 1.82) is 0 Å². The highest BCUT2D eigenvalue weighted by Crippen LogP contribution is 2.29. The maximum Gasteiger partial charge on any atom is 0.387 e. The van der Waals surface area contributed by atoms with Gasteiger partial charge >= 0.3 is 6.61 Å². The molecule has 0 amide bonds. The topological polar surface area (TPSA) is 34.1 Å². The van der Waals surface area contributed by atoms with Crippen molar-refractivity contribution in [3.63, 3.8) is 0 Å². The molecule has 20 heavy (non-hydrogen) atoms. The average molecular weight is 299 g/mol. The van der Waals surface area contributed by atoms with Crippen LogP contribution in [0.15, 0.2) is 36.5 Å². The van der Waals surface area contributed by atoms with E-state index >= 15 is 0 Å². The number of ether oxygens (including phenoxy) is 1. The van der Waals surface area contributed by atoms with Gasteiger partial charge in [-0.05, 0) is 36.8 Å². The minimum atomic E-state index is -2.89. The molecule has 1 N–H and O–H groups in total. The Morgan fingerprint density at radius 3 is 2.70 bits per heavy atom. The second-order valence-corrected chi connectivity index (χ2v) is 4.61. The first kappa shape index (κ1) is 14.5. The van der Waals surface area contributed by atoms with E-state index in [-0.39, 0.29) is 10.8 Å². The van der Waals surface area contributed by atoms with Crippen LogP contribution in [-0.2, 0) is 6.54 Å². The van der Waals surface area contributed by atoms with Gasteiger partial charge in [0.2, 0.25) is 0 Å². The van der Waals surface area contributed by atoms with Gasteiger partial charge in [0.25, 0.3) is 0 Å². The number of rotatable bonds is 5. The normalized spacial score (nSPS) is 10.7. The second-order valence-electron chi connectivity index (χ2n) is 4.20. The van der Waals surface area contributed by atoms with E-state index in [2.05, 4.69) is 15.0 Å². The summed E-state index contributed by atoms with van der Waals surface area (Å²) in [5, 5.41) is 3.24. The van der Waals surface area contributed by atoms with Gasteiger partial charge in [-0.25, -0.2) is 0 Å². The summed E-state index contributed by atoms with van der Waals surface area (Å²) in [6.45, 7) is -0.403. The number of aryl methyl sites for hydroxylation is 1. The highest BCUT2D eigenvalue weighted by Gasteiger charge is 2.08. The van der Waals surface area contributed by atoms with E-state index in [1.165, 1.54) is 12.1 Å². The van der Waals surface area contributed by atoms with Crippen molar-refractivity contribution in [3.8, 4) is 5.75 Å². The van der Waals surface area contributed by atoms with Gasteiger partial charge in [0, 0.05) is 11.9 Å². The molecule has 0 spiro atoms. The summed E-state index contributed by atoms with van der Waals surface area (Å²) in [6.07, 6.45) is 1.78. The number of aromatic nitrogens is 1. The number of alkyl halides is 2. The van der Waals surface area contributed by atoms with Crippen LogP contribution in [-0.4, -0.2) is 11.6 Å². The van der Waals surface area contributed by atoms with Gasteiger partial charge in [-0.15, -0.1) is 0 Å². The van der Waals surface area contributed by atoms with Gasteiger partial charge in [0.05, 0.1) is 17.3 Å². The Balaban J connectivity index is 1.99. The molecule has 0 fully saturated rings. The molecule has 0 bridgehead atoms. The molecule has 2 rings (SSSR count). The fourth-order valence-corrected chi connectivity index (χ4v) is 1.82. The van der Waals surface area contributed by atoms with Crippen LogP contribution in [0.2, 0.25) is 5.02 Å². The number of nitrogens with one attached hydrogen (secondary N) is 1. The van der Waals surface area contributed by atoms with E-state index in [0.717, 1.165) is 11.3 Å². The smallest absolute Gasteiger partial charge is 0.387 e. The number of hydrogen-bond donors (Lipinski definition) is 1. The number of anilines is 1. The molecule has 0 unspecified atom stereocenters. The summed E-state index contributed by atoms with van der Waals surface area (Å²) in [4.78, 5) is 4.25. The Hall–Kier alpha value is -1.88. The predicted octanol–water partition coefficient (Wildman–Crippen LogP) is 4.26. The Morgan fingerprint density at radius 1 is 1.30 bits per heavy atom. The molecule has 2 aromatic rings. The standard InChI is InChI=1S/C14H13ClF2N2O/c1-9-2-3-11(18-7-9)8-19-10-4-5-13(12(15)6-10)20-14(16)17/h2-7,14,19H,8H2,1H3. The summed E-state index contributed by atoms with van der Waals surface area (Å²) in [6, 6.07) is 8.44. The van der Waals surface area contributed by atoms with Gasteiger partial charge in [-0.1, -0.05) is 17.7 Å². The molecule has 1 heterocycles. The number of hydrogen-bond acceptors (Lipinski definition) is 3. The number of halogens is 3. The van der Waals surface area contributed by atoms with Gasteiger partial charge < -0.3 is 10.1 Å². The van der Waals surface area contributed by atoms with Gasteiger partial charge in [0.15, 0.2) is 0 Å². The van der Waals surface area contributed by atoms with Crippen LogP contribution in [0.1, 0.15) is 11.3 Å². The van der Waals surface area contributed by atoms with E-state index in [1.54, 1.807) is 12.3 Å². The molecule has 6 heteroatoms. The highest BCUT2D eigenvalue weighted by atomic mass is 35.5. The molecule has 1 aromatic heterocycles. The zero-order chi connectivity index (χ0) is 14.5. The molecule has 0 saturated carbocycles. The van der Waals surface area contributed by atoms with Gasteiger partial charge in [-0.2, -0.15) is 8.78 Å². The molecule has 0 radical (unpaired) electrons. The van der Waals surface area contributed by atoms with Crippen molar-refractivity contribution in [2.45, 2.75) is 20.1 Å². The van der Waals surface area contributed by atoms with Crippen LogP contribution < -0.4 is 10.1 Å². The minimum Gasteiger partial charge on any atom is -0.433 e. The molecule has 0 saturated heterocycles. The highest BCUT2D eigenvalue weighted by molar-refractivity contribution is 6.32. The zero-order valence-corrected chi connectivity index (χ0v) is 11.5. The van der Waals surface area contributed by atoms with Crippen molar-refractivity contribution >= 4 is 17.3 Å².